The van der Waals surface area contributed by atoms with E-state index in [1.54, 1.807) is 16.7 Å². The first-order valence-corrected chi connectivity index (χ1v) is 19.8. The summed E-state index contributed by atoms with van der Waals surface area (Å²) >= 11 is 0. The second-order valence-electron chi connectivity index (χ2n) is 19.5. The standard InChI is InChI=1S/2C15H26O.C14H24O/c1-6-15(5)10(2)14(3,4)13-11(15)8-7-9-12(13)16;1-6-15(5)10(2)14(3,4)11-8-7-9-12(16)13(11)15;1-9-13(2,3)10-7-6-8-11(15)12(10)14(9,4)5/h2*10,12,16H,6-9H2,1-5H3;9,11,15H,6-8H2,1-5H3. The Bertz CT molecular complexity index is 1270. The second-order valence-corrected chi connectivity index (χ2v) is 19.5. The van der Waals surface area contributed by atoms with Crippen LogP contribution in [-0.2, 0) is 0 Å². The number of aliphatic hydroxyl groups excluding tert-OH is 3. The predicted molar refractivity (Wildman–Crippen MR) is 200 cm³/mol. The largest absolute Gasteiger partial charge is 0.389 e. The Morgan fingerprint density at radius 3 is 1.19 bits per heavy atom. The molecule has 0 spiro atoms. The Balaban J connectivity index is 0.000000160. The van der Waals surface area contributed by atoms with E-state index in [4.69, 9.17) is 0 Å². The number of rotatable bonds is 2. The van der Waals surface area contributed by atoms with Gasteiger partial charge < -0.3 is 15.3 Å². The van der Waals surface area contributed by atoms with Crippen LogP contribution in [0.3, 0.4) is 0 Å². The van der Waals surface area contributed by atoms with Crippen molar-refractivity contribution in [2.45, 2.75) is 193 Å². The Kier molecular flexibility index (Phi) is 10.8. The molecule has 0 aromatic carbocycles. The summed E-state index contributed by atoms with van der Waals surface area (Å²) in [5, 5.41) is 30.8. The van der Waals surface area contributed by atoms with Crippen molar-refractivity contribution in [3.05, 3.63) is 33.4 Å². The third-order valence-corrected chi connectivity index (χ3v) is 16.6. The smallest absolute Gasteiger partial charge is 0.0758 e. The van der Waals surface area contributed by atoms with Crippen LogP contribution in [0.25, 0.3) is 0 Å². The normalized spacial score (nSPS) is 41.0. The van der Waals surface area contributed by atoms with Crippen molar-refractivity contribution < 1.29 is 15.3 Å². The van der Waals surface area contributed by atoms with Gasteiger partial charge in [-0.1, -0.05) is 121 Å². The molecule has 0 aromatic heterocycles. The average Bonchev–Trinajstić information content (AvgIpc) is 3.35. The molecule has 0 aliphatic heterocycles. The number of hydrogen-bond acceptors (Lipinski definition) is 3. The van der Waals surface area contributed by atoms with E-state index in [9.17, 15) is 15.3 Å². The molecule has 6 aliphatic rings. The van der Waals surface area contributed by atoms with Crippen LogP contribution in [-0.4, -0.2) is 33.6 Å². The molecule has 3 N–H and O–H groups in total. The average molecular weight is 653 g/mol. The number of allylic oxidation sites excluding steroid dienone is 3. The fourth-order valence-corrected chi connectivity index (χ4v) is 12.1. The van der Waals surface area contributed by atoms with Gasteiger partial charge in [-0.15, -0.1) is 0 Å². The summed E-state index contributed by atoms with van der Waals surface area (Å²) in [5.74, 6) is 1.91. The van der Waals surface area contributed by atoms with Gasteiger partial charge in [-0.05, 0) is 138 Å². The molecule has 0 fully saturated rings. The molecule has 6 aliphatic carbocycles. The molecule has 3 nitrogen and oxygen atoms in total. The van der Waals surface area contributed by atoms with Crippen molar-refractivity contribution in [2.75, 3.05) is 0 Å². The van der Waals surface area contributed by atoms with Gasteiger partial charge in [-0.2, -0.15) is 0 Å². The summed E-state index contributed by atoms with van der Waals surface area (Å²) in [5.41, 5.74) is 10.3. The van der Waals surface area contributed by atoms with Gasteiger partial charge in [0.15, 0.2) is 0 Å². The highest BCUT2D eigenvalue weighted by Gasteiger charge is 2.55. The van der Waals surface area contributed by atoms with Crippen LogP contribution in [0.4, 0.5) is 0 Å². The van der Waals surface area contributed by atoms with Crippen molar-refractivity contribution in [3.8, 4) is 0 Å². The lowest BCUT2D eigenvalue weighted by Crippen LogP contribution is -2.32. The maximum absolute atomic E-state index is 10.3. The van der Waals surface area contributed by atoms with Gasteiger partial charge in [0.25, 0.3) is 0 Å². The summed E-state index contributed by atoms with van der Waals surface area (Å²) in [6, 6.07) is 0. The molecular formula is C44H76O3. The highest BCUT2D eigenvalue weighted by atomic mass is 16.3. The first-order valence-electron chi connectivity index (χ1n) is 19.8. The Labute approximate surface area is 291 Å². The molecule has 8 atom stereocenters. The Morgan fingerprint density at radius 1 is 0.447 bits per heavy atom. The minimum absolute atomic E-state index is 0.169. The molecule has 0 saturated carbocycles. The maximum Gasteiger partial charge on any atom is 0.0758 e. The lowest BCUT2D eigenvalue weighted by molar-refractivity contribution is 0.125. The van der Waals surface area contributed by atoms with Gasteiger partial charge in [-0.25, -0.2) is 0 Å². The molecule has 6 rings (SSSR count). The van der Waals surface area contributed by atoms with E-state index < -0.39 is 0 Å². The first kappa shape index (κ1) is 38.9. The quantitative estimate of drug-likeness (QED) is 0.260. The SMILES string of the molecule is CC1C(C)(C)C2=C(C(O)CCC2)C1(C)C.CCC1(C)C2=C(C(O)CCC2)C(C)(C)C1C.CCC1(C)C2=C(CCCC2O)C(C)(C)C1C. The molecule has 0 heterocycles. The van der Waals surface area contributed by atoms with Crippen LogP contribution in [0.1, 0.15) is 174 Å². The molecule has 0 aromatic rings. The summed E-state index contributed by atoms with van der Waals surface area (Å²) in [6.07, 6.45) is 11.8. The van der Waals surface area contributed by atoms with Crippen LogP contribution in [0.5, 0.6) is 0 Å². The monoisotopic (exact) mass is 653 g/mol. The van der Waals surface area contributed by atoms with E-state index >= 15 is 0 Å². The molecule has 0 bridgehead atoms. The first-order chi connectivity index (χ1) is 21.5. The van der Waals surface area contributed by atoms with Crippen LogP contribution < -0.4 is 0 Å². The van der Waals surface area contributed by atoms with Crippen molar-refractivity contribution >= 4 is 0 Å². The zero-order chi connectivity index (χ0) is 35.7. The van der Waals surface area contributed by atoms with Gasteiger partial charge >= 0.3 is 0 Å². The van der Waals surface area contributed by atoms with Gasteiger partial charge in [-0.3, -0.25) is 0 Å². The van der Waals surface area contributed by atoms with Crippen LogP contribution in [0, 0.1) is 50.2 Å². The number of hydrogen-bond donors (Lipinski definition) is 3. The second kappa shape index (κ2) is 13.0. The summed E-state index contributed by atoms with van der Waals surface area (Å²) in [7, 11) is 0. The van der Waals surface area contributed by atoms with Gasteiger partial charge in [0.05, 0.1) is 18.3 Å². The summed E-state index contributed by atoms with van der Waals surface area (Å²) < 4.78 is 0. The van der Waals surface area contributed by atoms with Crippen molar-refractivity contribution in [2.24, 2.45) is 50.2 Å². The predicted octanol–water partition coefficient (Wildman–Crippen LogP) is 11.4. The zero-order valence-corrected chi connectivity index (χ0v) is 33.6. The molecule has 3 heteroatoms. The highest BCUT2D eigenvalue weighted by Crippen LogP contribution is 2.64. The molecule has 8 unspecified atom stereocenters. The van der Waals surface area contributed by atoms with Crippen LogP contribution in [0.15, 0.2) is 33.4 Å². The van der Waals surface area contributed by atoms with Crippen LogP contribution >= 0.6 is 0 Å². The minimum Gasteiger partial charge on any atom is -0.389 e. The Hall–Kier alpha value is -0.900. The van der Waals surface area contributed by atoms with E-state index in [1.165, 1.54) is 48.8 Å². The third kappa shape index (κ3) is 5.91. The molecule has 0 amide bonds. The van der Waals surface area contributed by atoms with Gasteiger partial charge in [0, 0.05) is 0 Å². The molecule has 270 valence electrons. The van der Waals surface area contributed by atoms with E-state index in [0.29, 0.717) is 23.2 Å². The summed E-state index contributed by atoms with van der Waals surface area (Å²) in [4.78, 5) is 0. The summed E-state index contributed by atoms with van der Waals surface area (Å²) in [6.45, 7) is 35.1. The fourth-order valence-electron chi connectivity index (χ4n) is 12.1. The highest BCUT2D eigenvalue weighted by molar-refractivity contribution is 5.41. The third-order valence-electron chi connectivity index (χ3n) is 16.6. The van der Waals surface area contributed by atoms with E-state index in [2.05, 4.69) is 104 Å². The lowest BCUT2D eigenvalue weighted by Gasteiger charge is -2.38. The molecular weight excluding hydrogens is 576 g/mol. The lowest BCUT2D eigenvalue weighted by atomic mass is 9.67. The van der Waals surface area contributed by atoms with Crippen molar-refractivity contribution in [1.29, 1.82) is 0 Å². The van der Waals surface area contributed by atoms with Crippen molar-refractivity contribution in [1.82, 2.24) is 0 Å². The fraction of sp³-hybridized carbons (Fsp3) is 0.864. The van der Waals surface area contributed by atoms with Gasteiger partial charge in [0.1, 0.15) is 0 Å². The van der Waals surface area contributed by atoms with Crippen LogP contribution in [0.2, 0.25) is 0 Å². The zero-order valence-electron chi connectivity index (χ0n) is 33.6. The van der Waals surface area contributed by atoms with Gasteiger partial charge in [0.2, 0.25) is 0 Å². The molecule has 0 radical (unpaired) electrons. The number of aliphatic hydroxyl groups is 3. The molecule has 47 heavy (non-hydrogen) atoms. The van der Waals surface area contributed by atoms with E-state index in [-0.39, 0.29) is 45.4 Å². The molecule has 0 saturated heterocycles. The van der Waals surface area contributed by atoms with E-state index in [1.807, 2.05) is 0 Å². The topological polar surface area (TPSA) is 60.7 Å². The van der Waals surface area contributed by atoms with E-state index in [0.717, 1.165) is 38.5 Å². The van der Waals surface area contributed by atoms with Crippen molar-refractivity contribution in [3.63, 3.8) is 0 Å². The minimum atomic E-state index is -0.173. The maximum atomic E-state index is 10.3. The Morgan fingerprint density at radius 2 is 0.766 bits per heavy atom.